The number of carboxylic acid groups (broad SMARTS) is 1. The Kier molecular flexibility index (Phi) is 7.17. The number of ether oxygens (including phenoxy) is 3. The minimum Gasteiger partial charge on any atom is -0.493 e. The van der Waals surface area contributed by atoms with E-state index in [4.69, 9.17) is 19.3 Å². The zero-order valence-electron chi connectivity index (χ0n) is 15.5. The molecule has 150 valence electrons. The summed E-state index contributed by atoms with van der Waals surface area (Å²) in [5, 5.41) is 9.12. The molecule has 0 unspecified atom stereocenters. The highest BCUT2D eigenvalue weighted by molar-refractivity contribution is 9.11. The molecule has 0 aromatic heterocycles. The van der Waals surface area contributed by atoms with Crippen LogP contribution >= 0.6 is 31.9 Å². The number of hydrogen-bond acceptors (Lipinski definition) is 4. The van der Waals surface area contributed by atoms with Crippen LogP contribution in [0.2, 0.25) is 0 Å². The largest absolute Gasteiger partial charge is 0.493 e. The average Bonchev–Trinajstić information content (AvgIpc) is 2.72. The summed E-state index contributed by atoms with van der Waals surface area (Å²) in [4.78, 5) is 11.1. The molecular formula is C22H18Br2O5. The molecule has 3 aromatic carbocycles. The van der Waals surface area contributed by atoms with Gasteiger partial charge in [-0.1, -0.05) is 36.4 Å². The Balaban J connectivity index is 1.70. The maximum Gasteiger partial charge on any atom is 0.335 e. The van der Waals surface area contributed by atoms with Gasteiger partial charge in [0.25, 0.3) is 0 Å². The number of carboxylic acids is 1. The van der Waals surface area contributed by atoms with Crippen molar-refractivity contribution in [1.29, 1.82) is 0 Å². The molecule has 7 heteroatoms. The van der Waals surface area contributed by atoms with Gasteiger partial charge in [0.15, 0.2) is 11.5 Å². The Bertz CT molecular complexity index is 982. The molecule has 0 amide bonds. The first-order valence-corrected chi connectivity index (χ1v) is 10.3. The molecule has 0 spiro atoms. The number of benzene rings is 3. The molecule has 0 saturated heterocycles. The van der Waals surface area contributed by atoms with Crippen molar-refractivity contribution in [2.45, 2.75) is 13.2 Å². The Morgan fingerprint density at radius 3 is 2.14 bits per heavy atom. The van der Waals surface area contributed by atoms with E-state index in [2.05, 4.69) is 31.9 Å². The Hall–Kier alpha value is -2.51. The van der Waals surface area contributed by atoms with Crippen LogP contribution in [0.5, 0.6) is 17.2 Å². The lowest BCUT2D eigenvalue weighted by molar-refractivity contribution is 0.0696. The number of methoxy groups -OCH3 is 1. The summed E-state index contributed by atoms with van der Waals surface area (Å²) in [5.41, 5.74) is 2.12. The van der Waals surface area contributed by atoms with Crippen LogP contribution in [-0.2, 0) is 13.2 Å². The molecule has 0 fully saturated rings. The Morgan fingerprint density at radius 2 is 1.52 bits per heavy atom. The van der Waals surface area contributed by atoms with Crippen molar-refractivity contribution in [2.75, 3.05) is 7.11 Å². The number of carbonyl (C=O) groups is 1. The number of aromatic carboxylic acids is 1. The summed E-state index contributed by atoms with van der Waals surface area (Å²) >= 11 is 6.72. The highest BCUT2D eigenvalue weighted by Gasteiger charge is 2.14. The molecule has 1 N–H and O–H groups in total. The topological polar surface area (TPSA) is 65.0 Å². The number of halogens is 2. The fourth-order valence-electron chi connectivity index (χ4n) is 2.63. The van der Waals surface area contributed by atoms with Gasteiger partial charge in [0.1, 0.15) is 19.0 Å². The van der Waals surface area contributed by atoms with Crippen molar-refractivity contribution in [1.82, 2.24) is 0 Å². The van der Waals surface area contributed by atoms with Crippen LogP contribution in [0.1, 0.15) is 21.5 Å². The zero-order valence-corrected chi connectivity index (χ0v) is 18.7. The van der Waals surface area contributed by atoms with Gasteiger partial charge in [-0.25, -0.2) is 4.79 Å². The Morgan fingerprint density at radius 1 is 0.862 bits per heavy atom. The number of rotatable bonds is 8. The molecule has 0 aliphatic heterocycles. The van der Waals surface area contributed by atoms with Crippen molar-refractivity contribution in [3.63, 3.8) is 0 Å². The second-order valence-electron chi connectivity index (χ2n) is 6.12. The first-order valence-electron chi connectivity index (χ1n) is 8.66. The predicted molar refractivity (Wildman–Crippen MR) is 117 cm³/mol. The molecule has 0 aliphatic carbocycles. The molecular weight excluding hydrogens is 504 g/mol. The van der Waals surface area contributed by atoms with Crippen molar-refractivity contribution in [3.05, 3.63) is 86.3 Å². The maximum absolute atomic E-state index is 11.1. The van der Waals surface area contributed by atoms with Crippen molar-refractivity contribution < 1.29 is 24.1 Å². The summed E-state index contributed by atoms with van der Waals surface area (Å²) in [6, 6.07) is 18.5. The quantitative estimate of drug-likeness (QED) is 0.389. The third kappa shape index (κ3) is 5.52. The normalized spacial score (nSPS) is 10.4. The minimum atomic E-state index is -1.01. The number of hydrogen-bond donors (Lipinski definition) is 1. The van der Waals surface area contributed by atoms with E-state index < -0.39 is 5.97 Å². The first kappa shape index (κ1) is 21.2. The molecule has 0 saturated carbocycles. The van der Waals surface area contributed by atoms with Gasteiger partial charge < -0.3 is 19.3 Å². The van der Waals surface area contributed by atoms with Gasteiger partial charge in [0.05, 0.1) is 21.6 Å². The summed E-state index contributed by atoms with van der Waals surface area (Å²) in [7, 11) is 1.59. The van der Waals surface area contributed by atoms with Crippen molar-refractivity contribution >= 4 is 37.8 Å². The van der Waals surface area contributed by atoms with E-state index in [0.717, 1.165) is 11.1 Å². The van der Waals surface area contributed by atoms with Crippen molar-refractivity contribution in [3.8, 4) is 17.2 Å². The lowest BCUT2D eigenvalue weighted by Gasteiger charge is -2.14. The summed E-state index contributed by atoms with van der Waals surface area (Å²) in [6.45, 7) is 0.724. The highest BCUT2D eigenvalue weighted by atomic mass is 79.9. The standard InChI is InChI=1S/C22H18Br2O5/c1-27-20-9-15(7-8-19(20)28-12-14-5-3-2-4-6-14)13-29-21-17(23)10-16(22(25)26)11-18(21)24/h2-11H,12-13H2,1H3,(H,25,26). The van der Waals surface area contributed by atoms with E-state index in [1.165, 1.54) is 12.1 Å². The van der Waals surface area contributed by atoms with Crippen LogP contribution in [0.25, 0.3) is 0 Å². The summed E-state index contributed by atoms with van der Waals surface area (Å²) < 4.78 is 18.3. The molecule has 3 rings (SSSR count). The third-order valence-electron chi connectivity index (χ3n) is 4.09. The van der Waals surface area contributed by atoms with Crippen LogP contribution in [-0.4, -0.2) is 18.2 Å². The zero-order chi connectivity index (χ0) is 20.8. The fraction of sp³-hybridized carbons (Fsp3) is 0.136. The summed E-state index contributed by atoms with van der Waals surface area (Å²) in [5.74, 6) is 0.779. The highest BCUT2D eigenvalue weighted by Crippen LogP contribution is 2.36. The second kappa shape index (κ2) is 9.80. The molecule has 0 bridgehead atoms. The van der Waals surface area contributed by atoms with E-state index in [1.807, 2.05) is 48.5 Å². The van der Waals surface area contributed by atoms with Crippen LogP contribution in [0.3, 0.4) is 0 Å². The van der Waals surface area contributed by atoms with Crippen molar-refractivity contribution in [2.24, 2.45) is 0 Å². The van der Waals surface area contributed by atoms with E-state index in [1.54, 1.807) is 7.11 Å². The fourth-order valence-corrected chi connectivity index (χ4v) is 4.05. The third-order valence-corrected chi connectivity index (χ3v) is 5.27. The second-order valence-corrected chi connectivity index (χ2v) is 7.83. The van der Waals surface area contributed by atoms with Crippen LogP contribution in [0, 0.1) is 0 Å². The Labute approximate surface area is 185 Å². The molecule has 0 heterocycles. The van der Waals surface area contributed by atoms with E-state index in [9.17, 15) is 4.79 Å². The molecule has 0 radical (unpaired) electrons. The van der Waals surface area contributed by atoms with Crippen LogP contribution < -0.4 is 14.2 Å². The monoisotopic (exact) mass is 520 g/mol. The molecule has 0 atom stereocenters. The minimum absolute atomic E-state index is 0.165. The van der Waals surface area contributed by atoms with E-state index in [0.29, 0.717) is 32.8 Å². The van der Waals surface area contributed by atoms with Crippen LogP contribution in [0.15, 0.2) is 69.6 Å². The van der Waals surface area contributed by atoms with Gasteiger partial charge in [-0.15, -0.1) is 0 Å². The van der Waals surface area contributed by atoms with E-state index >= 15 is 0 Å². The maximum atomic E-state index is 11.1. The molecule has 29 heavy (non-hydrogen) atoms. The van der Waals surface area contributed by atoms with E-state index in [-0.39, 0.29) is 12.2 Å². The SMILES string of the molecule is COc1cc(COc2c(Br)cc(C(=O)O)cc2Br)ccc1OCc1ccccc1. The van der Waals surface area contributed by atoms with Gasteiger partial charge in [0, 0.05) is 0 Å². The lowest BCUT2D eigenvalue weighted by Crippen LogP contribution is -2.02. The molecule has 0 aliphatic rings. The van der Waals surface area contributed by atoms with Gasteiger partial charge in [0.2, 0.25) is 0 Å². The van der Waals surface area contributed by atoms with Gasteiger partial charge in [-0.05, 0) is 67.3 Å². The first-order chi connectivity index (χ1) is 14.0. The van der Waals surface area contributed by atoms with Gasteiger partial charge in [-0.2, -0.15) is 0 Å². The average molecular weight is 522 g/mol. The van der Waals surface area contributed by atoms with Gasteiger partial charge >= 0.3 is 5.97 Å². The predicted octanol–water partition coefficient (Wildman–Crippen LogP) is 6.08. The smallest absolute Gasteiger partial charge is 0.335 e. The van der Waals surface area contributed by atoms with Crippen LogP contribution in [0.4, 0.5) is 0 Å². The summed E-state index contributed by atoms with van der Waals surface area (Å²) in [6.07, 6.45) is 0. The van der Waals surface area contributed by atoms with Gasteiger partial charge in [-0.3, -0.25) is 0 Å². The molecule has 5 nitrogen and oxygen atoms in total. The molecule has 3 aromatic rings. The lowest BCUT2D eigenvalue weighted by atomic mass is 10.2.